The maximum atomic E-state index is 11.7. The molecular formula is C12H20N2O. The Morgan fingerprint density at radius 2 is 2.07 bits per heavy atom. The molecule has 1 aromatic heterocycles. The molecule has 3 heteroatoms. The topological polar surface area (TPSA) is 34.9 Å². The minimum atomic E-state index is 0.166. The molecule has 0 aliphatic rings. The number of carbonyl (C=O) groups excluding carboxylic acids is 1. The molecule has 0 unspecified atom stereocenters. The molecule has 0 aromatic carbocycles. The molecule has 0 aliphatic heterocycles. The summed E-state index contributed by atoms with van der Waals surface area (Å²) in [7, 11) is 1.86. The zero-order valence-electron chi connectivity index (χ0n) is 9.70. The lowest BCUT2D eigenvalue weighted by atomic mass is 10.1. The first kappa shape index (κ1) is 12.0. The van der Waals surface area contributed by atoms with Gasteiger partial charge < -0.3 is 4.57 Å². The van der Waals surface area contributed by atoms with Crippen LogP contribution in [0.5, 0.6) is 0 Å². The predicted octanol–water partition coefficient (Wildman–Crippen LogP) is 2.96. The van der Waals surface area contributed by atoms with E-state index in [0.717, 1.165) is 12.8 Å². The number of rotatable bonds is 7. The number of Topliss-reactive ketones (excluding diaryl/α,β-unsaturated/α-hetero) is 1. The third-order valence-electron chi connectivity index (χ3n) is 2.58. The summed E-state index contributed by atoms with van der Waals surface area (Å²) in [5.74, 6) is 0.754. The lowest BCUT2D eigenvalue weighted by molar-refractivity contribution is 0.0966. The van der Waals surface area contributed by atoms with E-state index in [-0.39, 0.29) is 5.78 Å². The standard InChI is InChI=1S/C12H20N2O/c1-3-4-5-6-7-8-11(15)12-13-9-10-14(12)2/h9-10H,3-8H2,1-2H3. The van der Waals surface area contributed by atoms with Crippen LogP contribution in [0.25, 0.3) is 0 Å². The van der Waals surface area contributed by atoms with Gasteiger partial charge in [0.1, 0.15) is 0 Å². The van der Waals surface area contributed by atoms with Crippen molar-refractivity contribution in [2.24, 2.45) is 7.05 Å². The second-order valence-electron chi connectivity index (χ2n) is 3.95. The molecule has 0 bridgehead atoms. The van der Waals surface area contributed by atoms with Gasteiger partial charge >= 0.3 is 0 Å². The molecule has 0 saturated carbocycles. The molecule has 0 saturated heterocycles. The first-order valence-corrected chi connectivity index (χ1v) is 5.76. The average molecular weight is 208 g/mol. The third-order valence-corrected chi connectivity index (χ3v) is 2.58. The Balaban J connectivity index is 2.22. The summed E-state index contributed by atoms with van der Waals surface area (Å²) in [5.41, 5.74) is 0. The van der Waals surface area contributed by atoms with E-state index in [1.165, 1.54) is 19.3 Å². The Bertz CT molecular complexity index is 304. The summed E-state index contributed by atoms with van der Waals surface area (Å²) in [5, 5.41) is 0. The number of hydrogen-bond donors (Lipinski definition) is 0. The smallest absolute Gasteiger partial charge is 0.198 e. The van der Waals surface area contributed by atoms with Crippen LogP contribution in [-0.4, -0.2) is 15.3 Å². The fourth-order valence-electron chi connectivity index (χ4n) is 1.64. The number of aromatic nitrogens is 2. The van der Waals surface area contributed by atoms with Crippen LogP contribution in [0.15, 0.2) is 12.4 Å². The first-order valence-electron chi connectivity index (χ1n) is 5.76. The van der Waals surface area contributed by atoms with Gasteiger partial charge in [-0.3, -0.25) is 4.79 Å². The van der Waals surface area contributed by atoms with E-state index in [1.807, 2.05) is 13.2 Å². The van der Waals surface area contributed by atoms with Gasteiger partial charge in [-0.05, 0) is 6.42 Å². The van der Waals surface area contributed by atoms with Crippen LogP contribution in [0.3, 0.4) is 0 Å². The molecule has 0 aliphatic carbocycles. The van der Waals surface area contributed by atoms with Crippen molar-refractivity contribution in [2.45, 2.75) is 45.4 Å². The number of unbranched alkanes of at least 4 members (excludes halogenated alkanes) is 4. The van der Waals surface area contributed by atoms with Crippen LogP contribution in [0.4, 0.5) is 0 Å². The monoisotopic (exact) mass is 208 g/mol. The van der Waals surface area contributed by atoms with Crippen molar-refractivity contribution >= 4 is 5.78 Å². The Morgan fingerprint density at radius 1 is 1.33 bits per heavy atom. The molecule has 3 nitrogen and oxygen atoms in total. The largest absolute Gasteiger partial charge is 0.332 e. The van der Waals surface area contributed by atoms with Crippen molar-refractivity contribution in [3.05, 3.63) is 18.2 Å². The van der Waals surface area contributed by atoms with Crippen LogP contribution >= 0.6 is 0 Å². The second-order valence-corrected chi connectivity index (χ2v) is 3.95. The van der Waals surface area contributed by atoms with Crippen LogP contribution in [-0.2, 0) is 7.05 Å². The SMILES string of the molecule is CCCCCCCC(=O)c1nccn1C. The number of nitrogens with zero attached hydrogens (tertiary/aromatic N) is 2. The highest BCUT2D eigenvalue weighted by Gasteiger charge is 2.09. The molecule has 0 N–H and O–H groups in total. The molecule has 0 amide bonds. The van der Waals surface area contributed by atoms with Crippen molar-refractivity contribution in [2.75, 3.05) is 0 Å². The van der Waals surface area contributed by atoms with Gasteiger partial charge in [-0.15, -0.1) is 0 Å². The highest BCUT2D eigenvalue weighted by Crippen LogP contribution is 2.08. The lowest BCUT2D eigenvalue weighted by Crippen LogP contribution is -2.06. The fourth-order valence-corrected chi connectivity index (χ4v) is 1.64. The molecule has 0 radical (unpaired) electrons. The molecule has 1 rings (SSSR count). The van der Waals surface area contributed by atoms with Crippen molar-refractivity contribution < 1.29 is 4.79 Å². The van der Waals surface area contributed by atoms with E-state index in [1.54, 1.807) is 10.8 Å². The van der Waals surface area contributed by atoms with Crippen LogP contribution < -0.4 is 0 Å². The highest BCUT2D eigenvalue weighted by molar-refractivity contribution is 5.92. The van der Waals surface area contributed by atoms with Crippen LogP contribution in [0.1, 0.15) is 56.1 Å². The Kier molecular flexibility index (Phi) is 5.08. The summed E-state index contributed by atoms with van der Waals surface area (Å²) in [4.78, 5) is 15.7. The molecule has 84 valence electrons. The van der Waals surface area contributed by atoms with Gasteiger partial charge in [0.05, 0.1) is 0 Å². The predicted molar refractivity (Wildman–Crippen MR) is 60.9 cm³/mol. The average Bonchev–Trinajstić information content (AvgIpc) is 2.64. The number of hydrogen-bond acceptors (Lipinski definition) is 2. The maximum Gasteiger partial charge on any atom is 0.198 e. The quantitative estimate of drug-likeness (QED) is 0.510. The van der Waals surface area contributed by atoms with Gasteiger partial charge in [0, 0.05) is 25.9 Å². The molecular weight excluding hydrogens is 188 g/mol. The lowest BCUT2D eigenvalue weighted by Gasteiger charge is -2.01. The highest BCUT2D eigenvalue weighted by atomic mass is 16.1. The summed E-state index contributed by atoms with van der Waals surface area (Å²) in [6, 6.07) is 0. The van der Waals surface area contributed by atoms with Crippen LogP contribution in [0.2, 0.25) is 0 Å². The van der Waals surface area contributed by atoms with E-state index in [2.05, 4.69) is 11.9 Å². The zero-order chi connectivity index (χ0) is 11.1. The molecule has 0 atom stereocenters. The zero-order valence-corrected chi connectivity index (χ0v) is 9.70. The van der Waals surface area contributed by atoms with E-state index in [4.69, 9.17) is 0 Å². The molecule has 1 heterocycles. The summed E-state index contributed by atoms with van der Waals surface area (Å²) in [6.45, 7) is 2.19. The Labute approximate surface area is 91.5 Å². The number of ketones is 1. The normalized spacial score (nSPS) is 10.5. The minimum absolute atomic E-state index is 0.166. The van der Waals surface area contributed by atoms with Crippen molar-refractivity contribution in [1.29, 1.82) is 0 Å². The minimum Gasteiger partial charge on any atom is -0.332 e. The molecule has 0 fully saturated rings. The maximum absolute atomic E-state index is 11.7. The van der Waals surface area contributed by atoms with Gasteiger partial charge in [0.15, 0.2) is 11.6 Å². The van der Waals surface area contributed by atoms with Gasteiger partial charge in [0.2, 0.25) is 0 Å². The van der Waals surface area contributed by atoms with E-state index in [9.17, 15) is 4.79 Å². The number of aryl methyl sites for hydroxylation is 1. The number of carbonyl (C=O) groups is 1. The number of imidazole rings is 1. The van der Waals surface area contributed by atoms with E-state index >= 15 is 0 Å². The second kappa shape index (κ2) is 6.38. The van der Waals surface area contributed by atoms with Gasteiger partial charge in [-0.25, -0.2) is 4.98 Å². The van der Waals surface area contributed by atoms with E-state index < -0.39 is 0 Å². The third kappa shape index (κ3) is 3.86. The summed E-state index contributed by atoms with van der Waals surface area (Å²) >= 11 is 0. The van der Waals surface area contributed by atoms with Gasteiger partial charge in [0.25, 0.3) is 0 Å². The first-order chi connectivity index (χ1) is 7.25. The summed E-state index contributed by atoms with van der Waals surface area (Å²) < 4.78 is 1.79. The van der Waals surface area contributed by atoms with Crippen molar-refractivity contribution in [1.82, 2.24) is 9.55 Å². The van der Waals surface area contributed by atoms with Gasteiger partial charge in [-0.2, -0.15) is 0 Å². The van der Waals surface area contributed by atoms with Crippen LogP contribution in [0, 0.1) is 0 Å². The van der Waals surface area contributed by atoms with Gasteiger partial charge in [-0.1, -0.05) is 32.6 Å². The molecule has 0 spiro atoms. The molecule has 15 heavy (non-hydrogen) atoms. The summed E-state index contributed by atoms with van der Waals surface area (Å²) in [6.07, 6.45) is 10.0. The fraction of sp³-hybridized carbons (Fsp3) is 0.667. The van der Waals surface area contributed by atoms with Crippen molar-refractivity contribution in [3.63, 3.8) is 0 Å². The Hall–Kier alpha value is -1.12. The Morgan fingerprint density at radius 3 is 2.67 bits per heavy atom. The molecule has 1 aromatic rings. The van der Waals surface area contributed by atoms with E-state index in [0.29, 0.717) is 12.2 Å². The van der Waals surface area contributed by atoms with Crippen molar-refractivity contribution in [3.8, 4) is 0 Å².